The lowest BCUT2D eigenvalue weighted by Crippen LogP contribution is -2.40. The maximum Gasteiger partial charge on any atom is 0.251 e. The normalized spacial score (nSPS) is 18.9. The standard InChI is InChI=1S/C20H25F2N5O2/c1-27(10-11-28)20-23-9-8-18(26-20)24-14-3-5-15(6-4-14)25-19(29)13-2-7-16(21)17(22)12-13/h2,7-9,12,14-15,28H,3-6,10-11H2,1H3,(H,25,29)(H,23,24,26). The van der Waals surface area contributed by atoms with Crippen LogP contribution < -0.4 is 15.5 Å². The highest BCUT2D eigenvalue weighted by atomic mass is 19.2. The Morgan fingerprint density at radius 2 is 1.90 bits per heavy atom. The van der Waals surface area contributed by atoms with Crippen molar-refractivity contribution in [3.8, 4) is 0 Å². The number of hydrogen-bond donors (Lipinski definition) is 3. The van der Waals surface area contributed by atoms with E-state index in [9.17, 15) is 13.6 Å². The van der Waals surface area contributed by atoms with Crippen LogP contribution in [-0.4, -0.2) is 53.3 Å². The van der Waals surface area contributed by atoms with Gasteiger partial charge in [-0.3, -0.25) is 4.79 Å². The Hall–Kier alpha value is -2.81. The number of carbonyl (C=O) groups is 1. The molecular weight excluding hydrogens is 380 g/mol. The van der Waals surface area contributed by atoms with E-state index in [4.69, 9.17) is 5.11 Å². The molecule has 2 aromatic rings. The minimum atomic E-state index is -1.03. The van der Waals surface area contributed by atoms with E-state index in [2.05, 4.69) is 20.6 Å². The molecule has 0 saturated heterocycles. The quantitative estimate of drug-likeness (QED) is 0.655. The maximum absolute atomic E-state index is 13.3. The third-order valence-electron chi connectivity index (χ3n) is 5.02. The largest absolute Gasteiger partial charge is 0.395 e. The molecule has 1 saturated carbocycles. The van der Waals surface area contributed by atoms with Gasteiger partial charge in [0.15, 0.2) is 11.6 Å². The number of aliphatic hydroxyl groups is 1. The molecule has 1 heterocycles. The zero-order valence-electron chi connectivity index (χ0n) is 16.2. The molecule has 1 aliphatic carbocycles. The van der Waals surface area contributed by atoms with Crippen LogP contribution in [0, 0.1) is 11.6 Å². The lowest BCUT2D eigenvalue weighted by atomic mass is 9.91. The maximum atomic E-state index is 13.3. The van der Waals surface area contributed by atoms with Crippen LogP contribution in [0.25, 0.3) is 0 Å². The molecule has 3 rings (SSSR count). The number of likely N-dealkylation sites (N-methyl/N-ethyl adjacent to an activating group) is 1. The van der Waals surface area contributed by atoms with Crippen molar-refractivity contribution in [2.24, 2.45) is 0 Å². The Bertz CT molecular complexity index is 843. The molecule has 1 fully saturated rings. The van der Waals surface area contributed by atoms with E-state index in [-0.39, 0.29) is 24.3 Å². The summed E-state index contributed by atoms with van der Waals surface area (Å²) in [6.07, 6.45) is 4.90. The van der Waals surface area contributed by atoms with Gasteiger partial charge >= 0.3 is 0 Å². The average Bonchev–Trinajstić information content (AvgIpc) is 2.72. The number of anilines is 2. The van der Waals surface area contributed by atoms with E-state index in [0.29, 0.717) is 18.3 Å². The summed E-state index contributed by atoms with van der Waals surface area (Å²) < 4.78 is 26.3. The van der Waals surface area contributed by atoms with Crippen LogP contribution in [0.2, 0.25) is 0 Å². The Balaban J connectivity index is 1.50. The van der Waals surface area contributed by atoms with Gasteiger partial charge in [-0.1, -0.05) is 0 Å². The number of aliphatic hydroxyl groups excluding tert-OH is 1. The first kappa shape index (κ1) is 20.9. The third-order valence-corrected chi connectivity index (χ3v) is 5.02. The van der Waals surface area contributed by atoms with Crippen LogP contribution in [0.1, 0.15) is 36.0 Å². The van der Waals surface area contributed by atoms with E-state index < -0.39 is 17.5 Å². The van der Waals surface area contributed by atoms with Crippen LogP contribution >= 0.6 is 0 Å². The summed E-state index contributed by atoms with van der Waals surface area (Å²) in [4.78, 5) is 22.7. The summed E-state index contributed by atoms with van der Waals surface area (Å²) in [5.74, 6) is -1.14. The minimum absolute atomic E-state index is 0.00897. The highest BCUT2D eigenvalue weighted by molar-refractivity contribution is 5.94. The molecular formula is C20H25F2N5O2. The molecule has 0 atom stereocenters. The van der Waals surface area contributed by atoms with Gasteiger partial charge in [0.05, 0.1) is 6.61 Å². The molecule has 1 aromatic heterocycles. The first-order chi connectivity index (χ1) is 14.0. The van der Waals surface area contributed by atoms with Crippen molar-refractivity contribution < 1.29 is 18.7 Å². The fraction of sp³-hybridized carbons (Fsp3) is 0.450. The predicted octanol–water partition coefficient (Wildman–Crippen LogP) is 2.34. The molecule has 0 bridgehead atoms. The number of hydrogen-bond acceptors (Lipinski definition) is 6. The summed E-state index contributed by atoms with van der Waals surface area (Å²) in [5.41, 5.74) is 0.115. The third kappa shape index (κ3) is 5.60. The van der Waals surface area contributed by atoms with Gasteiger partial charge in [0, 0.05) is 37.4 Å². The van der Waals surface area contributed by atoms with Crippen LogP contribution in [0.5, 0.6) is 0 Å². The first-order valence-corrected chi connectivity index (χ1v) is 9.63. The van der Waals surface area contributed by atoms with Gasteiger partial charge in [-0.15, -0.1) is 0 Å². The molecule has 1 amide bonds. The van der Waals surface area contributed by atoms with Crippen molar-refractivity contribution in [3.05, 3.63) is 47.7 Å². The Morgan fingerprint density at radius 3 is 2.59 bits per heavy atom. The number of halogens is 2. The fourth-order valence-corrected chi connectivity index (χ4v) is 3.36. The lowest BCUT2D eigenvalue weighted by Gasteiger charge is -2.30. The average molecular weight is 405 g/mol. The van der Waals surface area contributed by atoms with Gasteiger partial charge in [0.25, 0.3) is 5.91 Å². The van der Waals surface area contributed by atoms with Crippen molar-refractivity contribution in [1.29, 1.82) is 0 Å². The molecule has 7 nitrogen and oxygen atoms in total. The highest BCUT2D eigenvalue weighted by Gasteiger charge is 2.23. The Kier molecular flexibility index (Phi) is 6.92. The van der Waals surface area contributed by atoms with Gasteiger partial charge in [-0.05, 0) is 49.9 Å². The van der Waals surface area contributed by atoms with E-state index in [1.807, 2.05) is 7.05 Å². The molecule has 156 valence electrons. The highest BCUT2D eigenvalue weighted by Crippen LogP contribution is 2.22. The van der Waals surface area contributed by atoms with Gasteiger partial charge in [-0.25, -0.2) is 13.8 Å². The number of benzene rings is 1. The van der Waals surface area contributed by atoms with Crippen LogP contribution in [0.3, 0.4) is 0 Å². The lowest BCUT2D eigenvalue weighted by molar-refractivity contribution is 0.0926. The zero-order chi connectivity index (χ0) is 20.8. The molecule has 9 heteroatoms. The van der Waals surface area contributed by atoms with E-state index in [1.165, 1.54) is 6.07 Å². The Morgan fingerprint density at radius 1 is 1.17 bits per heavy atom. The molecule has 1 aliphatic rings. The second-order valence-electron chi connectivity index (χ2n) is 7.18. The summed E-state index contributed by atoms with van der Waals surface area (Å²) in [6.45, 7) is 0.476. The zero-order valence-corrected chi connectivity index (χ0v) is 16.2. The number of carbonyl (C=O) groups excluding carboxylic acids is 1. The van der Waals surface area contributed by atoms with Crippen molar-refractivity contribution >= 4 is 17.7 Å². The van der Waals surface area contributed by atoms with E-state index in [0.717, 1.165) is 37.8 Å². The van der Waals surface area contributed by atoms with Crippen molar-refractivity contribution in [3.63, 3.8) is 0 Å². The van der Waals surface area contributed by atoms with E-state index >= 15 is 0 Å². The number of rotatable bonds is 7. The molecule has 1 aromatic carbocycles. The van der Waals surface area contributed by atoms with Crippen LogP contribution in [-0.2, 0) is 0 Å². The van der Waals surface area contributed by atoms with Crippen molar-refractivity contribution in [2.75, 3.05) is 30.4 Å². The molecule has 0 radical (unpaired) electrons. The summed E-state index contributed by atoms with van der Waals surface area (Å²) >= 11 is 0. The molecule has 29 heavy (non-hydrogen) atoms. The number of nitrogens with zero attached hydrogens (tertiary/aromatic N) is 3. The predicted molar refractivity (Wildman–Crippen MR) is 106 cm³/mol. The molecule has 0 spiro atoms. The summed E-state index contributed by atoms with van der Waals surface area (Å²) in [6, 6.07) is 5.16. The first-order valence-electron chi connectivity index (χ1n) is 9.63. The summed E-state index contributed by atoms with van der Waals surface area (Å²) in [5, 5.41) is 15.3. The van der Waals surface area contributed by atoms with Crippen LogP contribution in [0.15, 0.2) is 30.5 Å². The second kappa shape index (κ2) is 9.60. The van der Waals surface area contributed by atoms with Crippen LogP contribution in [0.4, 0.5) is 20.5 Å². The van der Waals surface area contributed by atoms with Gasteiger partial charge < -0.3 is 20.6 Å². The fourth-order valence-electron chi connectivity index (χ4n) is 3.36. The van der Waals surface area contributed by atoms with Gasteiger partial charge in [0.2, 0.25) is 5.95 Å². The second-order valence-corrected chi connectivity index (χ2v) is 7.18. The topological polar surface area (TPSA) is 90.4 Å². The Labute approximate surface area is 168 Å². The van der Waals surface area contributed by atoms with Gasteiger partial charge in [-0.2, -0.15) is 4.98 Å². The van der Waals surface area contributed by atoms with Crippen molar-refractivity contribution in [1.82, 2.24) is 15.3 Å². The molecule has 0 aliphatic heterocycles. The smallest absolute Gasteiger partial charge is 0.251 e. The number of aromatic nitrogens is 2. The number of amides is 1. The molecule has 0 unspecified atom stereocenters. The minimum Gasteiger partial charge on any atom is -0.395 e. The van der Waals surface area contributed by atoms with E-state index in [1.54, 1.807) is 17.2 Å². The van der Waals surface area contributed by atoms with Crippen molar-refractivity contribution in [2.45, 2.75) is 37.8 Å². The SMILES string of the molecule is CN(CCO)c1nccc(NC2CCC(NC(=O)c3ccc(F)c(F)c3)CC2)n1. The molecule has 3 N–H and O–H groups in total. The number of nitrogens with one attached hydrogen (secondary N) is 2. The monoisotopic (exact) mass is 405 g/mol. The van der Waals surface area contributed by atoms with Gasteiger partial charge in [0.1, 0.15) is 5.82 Å². The summed E-state index contributed by atoms with van der Waals surface area (Å²) in [7, 11) is 1.82.